The molecule has 0 spiro atoms. The second-order valence-corrected chi connectivity index (χ2v) is 8.45. The van der Waals surface area contributed by atoms with Crippen molar-refractivity contribution in [2.75, 3.05) is 26.2 Å². The molecule has 7 heteroatoms. The van der Waals surface area contributed by atoms with Crippen LogP contribution in [0.5, 0.6) is 5.75 Å². The Morgan fingerprint density at radius 1 is 1.03 bits per heavy atom. The predicted molar refractivity (Wildman–Crippen MR) is 130 cm³/mol. The summed E-state index contributed by atoms with van der Waals surface area (Å²) in [6, 6.07) is 19.3. The third-order valence-corrected chi connectivity index (χ3v) is 6.02. The molecule has 2 amide bonds. The fraction of sp³-hybridized carbons (Fsp3) is 0.333. The molecule has 4 rings (SSSR count). The molecule has 34 heavy (non-hydrogen) atoms. The van der Waals surface area contributed by atoms with E-state index in [2.05, 4.69) is 15.3 Å². The fourth-order valence-corrected chi connectivity index (χ4v) is 4.20. The van der Waals surface area contributed by atoms with Crippen LogP contribution in [-0.2, 0) is 11.2 Å². The molecule has 1 N–H and O–H groups in total. The molecule has 1 saturated heterocycles. The summed E-state index contributed by atoms with van der Waals surface area (Å²) in [5.74, 6) is 1.46. The number of carbonyl (C=O) groups excluding carboxylic acids is 2. The Bertz CT molecular complexity index is 1100. The van der Waals surface area contributed by atoms with Gasteiger partial charge in [-0.2, -0.15) is 0 Å². The standard InChI is InChI=1S/C27H30N4O3/c1-20-29-19-24(27(33)28-14-17-34-23-10-6-3-7-11-23)26(30-20)22-12-15-31(16-13-22)25(32)18-21-8-4-2-5-9-21/h2-11,19,22H,12-18H2,1H3,(H,28,33). The van der Waals surface area contributed by atoms with Gasteiger partial charge >= 0.3 is 0 Å². The maximum absolute atomic E-state index is 12.9. The first-order valence-corrected chi connectivity index (χ1v) is 11.7. The van der Waals surface area contributed by atoms with Crippen LogP contribution >= 0.6 is 0 Å². The number of amides is 2. The van der Waals surface area contributed by atoms with E-state index in [-0.39, 0.29) is 17.7 Å². The monoisotopic (exact) mass is 458 g/mol. The topological polar surface area (TPSA) is 84.4 Å². The molecule has 1 aliphatic rings. The van der Waals surface area contributed by atoms with Crippen molar-refractivity contribution in [2.24, 2.45) is 0 Å². The summed E-state index contributed by atoms with van der Waals surface area (Å²) < 4.78 is 5.65. The van der Waals surface area contributed by atoms with Crippen molar-refractivity contribution in [1.82, 2.24) is 20.2 Å². The van der Waals surface area contributed by atoms with Gasteiger partial charge in [0.2, 0.25) is 5.91 Å². The van der Waals surface area contributed by atoms with Crippen LogP contribution in [0.3, 0.4) is 0 Å². The van der Waals surface area contributed by atoms with Crippen LogP contribution in [0.1, 0.15) is 46.2 Å². The zero-order valence-electron chi connectivity index (χ0n) is 19.4. The van der Waals surface area contributed by atoms with E-state index in [0.29, 0.717) is 44.0 Å². The first kappa shape index (κ1) is 23.4. The van der Waals surface area contributed by atoms with Crippen LogP contribution in [0, 0.1) is 6.92 Å². The number of rotatable bonds is 8. The van der Waals surface area contributed by atoms with E-state index in [4.69, 9.17) is 4.74 Å². The molecule has 0 saturated carbocycles. The molecule has 2 heterocycles. The van der Waals surface area contributed by atoms with Crippen molar-refractivity contribution in [3.8, 4) is 5.75 Å². The molecule has 1 aliphatic heterocycles. The van der Waals surface area contributed by atoms with E-state index in [1.54, 1.807) is 6.20 Å². The highest BCUT2D eigenvalue weighted by atomic mass is 16.5. The lowest BCUT2D eigenvalue weighted by atomic mass is 9.90. The van der Waals surface area contributed by atoms with E-state index in [1.807, 2.05) is 72.5 Å². The molecule has 0 unspecified atom stereocenters. The Morgan fingerprint density at radius 3 is 2.41 bits per heavy atom. The molecule has 2 aromatic carbocycles. The number of hydrogen-bond donors (Lipinski definition) is 1. The summed E-state index contributed by atoms with van der Waals surface area (Å²) in [4.78, 5) is 36.4. The number of likely N-dealkylation sites (tertiary alicyclic amines) is 1. The third-order valence-electron chi connectivity index (χ3n) is 6.02. The average molecular weight is 459 g/mol. The first-order chi connectivity index (χ1) is 16.6. The van der Waals surface area contributed by atoms with E-state index >= 15 is 0 Å². The Hall–Kier alpha value is -3.74. The molecule has 3 aromatic rings. The van der Waals surface area contributed by atoms with Crippen LogP contribution in [0.15, 0.2) is 66.9 Å². The zero-order valence-corrected chi connectivity index (χ0v) is 19.4. The minimum absolute atomic E-state index is 0.115. The number of benzene rings is 2. The molecule has 176 valence electrons. The molecule has 0 radical (unpaired) electrons. The molecule has 0 bridgehead atoms. The number of nitrogens with zero attached hydrogens (tertiary/aromatic N) is 3. The second-order valence-electron chi connectivity index (χ2n) is 8.45. The Balaban J connectivity index is 1.32. The highest BCUT2D eigenvalue weighted by molar-refractivity contribution is 5.95. The van der Waals surface area contributed by atoms with Gasteiger partial charge in [0, 0.05) is 25.2 Å². The minimum Gasteiger partial charge on any atom is -0.492 e. The van der Waals surface area contributed by atoms with E-state index in [9.17, 15) is 9.59 Å². The molecule has 0 aliphatic carbocycles. The maximum atomic E-state index is 12.9. The maximum Gasteiger partial charge on any atom is 0.254 e. The molecular weight excluding hydrogens is 428 g/mol. The Labute approximate surface area is 200 Å². The summed E-state index contributed by atoms with van der Waals surface area (Å²) in [5.41, 5.74) is 2.29. The molecule has 7 nitrogen and oxygen atoms in total. The number of aromatic nitrogens is 2. The average Bonchev–Trinajstić information content (AvgIpc) is 2.88. The summed E-state index contributed by atoms with van der Waals surface area (Å²) in [7, 11) is 0. The van der Waals surface area contributed by atoms with Gasteiger partial charge in [-0.3, -0.25) is 9.59 Å². The number of aryl methyl sites for hydroxylation is 1. The van der Waals surface area contributed by atoms with Crippen molar-refractivity contribution >= 4 is 11.8 Å². The van der Waals surface area contributed by atoms with Crippen LogP contribution in [0.4, 0.5) is 0 Å². The molecular formula is C27H30N4O3. The lowest BCUT2D eigenvalue weighted by Gasteiger charge is -2.32. The highest BCUT2D eigenvalue weighted by Crippen LogP contribution is 2.29. The fourth-order valence-electron chi connectivity index (χ4n) is 4.20. The molecule has 1 fully saturated rings. The van der Waals surface area contributed by atoms with Crippen LogP contribution in [0.2, 0.25) is 0 Å². The summed E-state index contributed by atoms with van der Waals surface area (Å²) in [5, 5.41) is 2.91. The highest BCUT2D eigenvalue weighted by Gasteiger charge is 2.28. The predicted octanol–water partition coefficient (Wildman–Crippen LogP) is 3.54. The van der Waals surface area contributed by atoms with Gasteiger partial charge in [0.15, 0.2) is 0 Å². The van der Waals surface area contributed by atoms with E-state index in [0.717, 1.165) is 29.8 Å². The smallest absolute Gasteiger partial charge is 0.254 e. The molecule has 1 aromatic heterocycles. The lowest BCUT2D eigenvalue weighted by molar-refractivity contribution is -0.131. The third kappa shape index (κ3) is 6.19. The van der Waals surface area contributed by atoms with Crippen LogP contribution in [0.25, 0.3) is 0 Å². The van der Waals surface area contributed by atoms with Gasteiger partial charge in [-0.05, 0) is 37.5 Å². The van der Waals surface area contributed by atoms with Crippen molar-refractivity contribution in [1.29, 1.82) is 0 Å². The van der Waals surface area contributed by atoms with Crippen molar-refractivity contribution < 1.29 is 14.3 Å². The van der Waals surface area contributed by atoms with Crippen molar-refractivity contribution in [2.45, 2.75) is 32.1 Å². The lowest BCUT2D eigenvalue weighted by Crippen LogP contribution is -2.39. The van der Waals surface area contributed by atoms with Gasteiger partial charge in [0.05, 0.1) is 24.2 Å². The largest absolute Gasteiger partial charge is 0.492 e. The van der Waals surface area contributed by atoms with E-state index < -0.39 is 0 Å². The van der Waals surface area contributed by atoms with Gasteiger partial charge in [-0.15, -0.1) is 0 Å². The SMILES string of the molecule is Cc1ncc(C(=O)NCCOc2ccccc2)c(C2CCN(C(=O)Cc3ccccc3)CC2)n1. The van der Waals surface area contributed by atoms with Gasteiger partial charge in [0.1, 0.15) is 18.2 Å². The number of para-hydroxylation sites is 1. The number of hydrogen-bond acceptors (Lipinski definition) is 5. The van der Waals surface area contributed by atoms with Gasteiger partial charge in [-0.25, -0.2) is 9.97 Å². The van der Waals surface area contributed by atoms with Crippen LogP contribution in [-0.4, -0.2) is 52.9 Å². The number of nitrogens with one attached hydrogen (secondary N) is 1. The summed E-state index contributed by atoms with van der Waals surface area (Å²) >= 11 is 0. The van der Waals surface area contributed by atoms with Crippen LogP contribution < -0.4 is 10.1 Å². The minimum atomic E-state index is -0.200. The number of ether oxygens (including phenoxy) is 1. The first-order valence-electron chi connectivity index (χ1n) is 11.7. The zero-order chi connectivity index (χ0) is 23.8. The second kappa shape index (κ2) is 11.4. The summed E-state index contributed by atoms with van der Waals surface area (Å²) in [6.45, 7) is 3.90. The quantitative estimate of drug-likeness (QED) is 0.522. The summed E-state index contributed by atoms with van der Waals surface area (Å²) in [6.07, 6.45) is 3.57. The van der Waals surface area contributed by atoms with Crippen molar-refractivity contribution in [3.63, 3.8) is 0 Å². The molecule has 0 atom stereocenters. The Kier molecular flexibility index (Phi) is 7.86. The Morgan fingerprint density at radius 2 is 1.71 bits per heavy atom. The van der Waals surface area contributed by atoms with Crippen molar-refractivity contribution in [3.05, 3.63) is 89.5 Å². The number of piperidine rings is 1. The van der Waals surface area contributed by atoms with Gasteiger partial charge in [0.25, 0.3) is 5.91 Å². The normalized spacial score (nSPS) is 14.0. The van der Waals surface area contributed by atoms with E-state index in [1.165, 1.54) is 0 Å². The van der Waals surface area contributed by atoms with Gasteiger partial charge < -0.3 is 15.0 Å². The number of carbonyl (C=O) groups is 2. The van der Waals surface area contributed by atoms with Gasteiger partial charge in [-0.1, -0.05) is 48.5 Å².